The van der Waals surface area contributed by atoms with Crippen molar-refractivity contribution in [3.8, 4) is 10.4 Å². The van der Waals surface area contributed by atoms with Gasteiger partial charge in [0.2, 0.25) is 0 Å². The number of pyridine rings is 1. The van der Waals surface area contributed by atoms with Crippen molar-refractivity contribution in [1.82, 2.24) is 9.88 Å². The molecule has 1 aliphatic heterocycles. The molecule has 0 saturated carbocycles. The van der Waals surface area contributed by atoms with Crippen molar-refractivity contribution in [2.75, 3.05) is 38.1 Å². The van der Waals surface area contributed by atoms with E-state index in [1.54, 1.807) is 11.3 Å². The molecular weight excluding hydrogens is 242 g/mol. The van der Waals surface area contributed by atoms with Gasteiger partial charge >= 0.3 is 0 Å². The first-order valence-corrected chi connectivity index (χ1v) is 7.13. The molecule has 1 aliphatic rings. The molecule has 94 valence electrons. The van der Waals surface area contributed by atoms with Gasteiger partial charge in [0.05, 0.1) is 11.9 Å². The maximum Gasteiger partial charge on any atom is 0.0560 e. The van der Waals surface area contributed by atoms with Crippen molar-refractivity contribution in [2.24, 2.45) is 0 Å². The summed E-state index contributed by atoms with van der Waals surface area (Å²) in [6.07, 6.45) is 3.92. The third-order valence-corrected chi connectivity index (χ3v) is 4.32. The van der Waals surface area contributed by atoms with Gasteiger partial charge < -0.3 is 9.80 Å². The molecule has 0 spiro atoms. The van der Waals surface area contributed by atoms with E-state index < -0.39 is 0 Å². The number of nitrogens with zero attached hydrogens (tertiary/aromatic N) is 3. The van der Waals surface area contributed by atoms with E-state index in [9.17, 15) is 0 Å². The Balaban J connectivity index is 1.83. The Labute approximate surface area is 112 Å². The second-order valence-corrected chi connectivity index (χ2v) is 5.65. The third-order valence-electron chi connectivity index (χ3n) is 3.40. The van der Waals surface area contributed by atoms with Crippen LogP contribution in [-0.4, -0.2) is 43.1 Å². The van der Waals surface area contributed by atoms with E-state index in [0.717, 1.165) is 26.2 Å². The molecule has 0 N–H and O–H groups in total. The first-order valence-electron chi connectivity index (χ1n) is 6.25. The van der Waals surface area contributed by atoms with E-state index >= 15 is 0 Å². The van der Waals surface area contributed by atoms with E-state index in [1.807, 2.05) is 12.4 Å². The Hall–Kier alpha value is -1.39. The number of anilines is 1. The lowest BCUT2D eigenvalue weighted by Gasteiger charge is -2.33. The molecule has 4 heteroatoms. The highest BCUT2D eigenvalue weighted by atomic mass is 32.1. The van der Waals surface area contributed by atoms with Gasteiger partial charge in [0, 0.05) is 42.8 Å². The highest BCUT2D eigenvalue weighted by molar-refractivity contribution is 7.13. The molecule has 0 radical (unpaired) electrons. The van der Waals surface area contributed by atoms with Gasteiger partial charge in [-0.05, 0) is 24.6 Å². The molecule has 0 amide bonds. The normalized spacial score (nSPS) is 17.1. The Bertz CT molecular complexity index is 502. The zero-order valence-electron chi connectivity index (χ0n) is 10.5. The zero-order chi connectivity index (χ0) is 12.4. The number of thiophene rings is 1. The second kappa shape index (κ2) is 5.08. The summed E-state index contributed by atoms with van der Waals surface area (Å²) < 4.78 is 0. The molecule has 2 aromatic heterocycles. The van der Waals surface area contributed by atoms with Crippen LogP contribution in [0, 0.1) is 0 Å². The molecule has 2 aromatic rings. The van der Waals surface area contributed by atoms with Crippen molar-refractivity contribution >= 4 is 17.0 Å². The van der Waals surface area contributed by atoms with E-state index in [-0.39, 0.29) is 0 Å². The zero-order valence-corrected chi connectivity index (χ0v) is 11.4. The predicted octanol–water partition coefficient (Wildman–Crippen LogP) is 2.56. The number of aromatic nitrogens is 1. The van der Waals surface area contributed by atoms with Crippen molar-refractivity contribution in [2.45, 2.75) is 0 Å². The first kappa shape index (κ1) is 11.7. The lowest BCUT2D eigenvalue weighted by molar-refractivity contribution is 0.313. The van der Waals surface area contributed by atoms with Gasteiger partial charge in [0.15, 0.2) is 0 Å². The SMILES string of the molecule is CN1CCN(c2cncc(-c3cccs3)c2)CC1. The smallest absolute Gasteiger partial charge is 0.0560 e. The molecule has 0 aromatic carbocycles. The predicted molar refractivity (Wildman–Crippen MR) is 77.3 cm³/mol. The van der Waals surface area contributed by atoms with Gasteiger partial charge in [-0.15, -0.1) is 11.3 Å². The summed E-state index contributed by atoms with van der Waals surface area (Å²) in [7, 11) is 2.18. The van der Waals surface area contributed by atoms with Crippen molar-refractivity contribution in [1.29, 1.82) is 0 Å². The minimum absolute atomic E-state index is 1.09. The highest BCUT2D eigenvalue weighted by Gasteiger charge is 2.15. The summed E-state index contributed by atoms with van der Waals surface area (Å²) >= 11 is 1.77. The monoisotopic (exact) mass is 259 g/mol. The van der Waals surface area contributed by atoms with E-state index in [4.69, 9.17) is 0 Å². The first-order chi connectivity index (χ1) is 8.83. The lowest BCUT2D eigenvalue weighted by atomic mass is 10.2. The van der Waals surface area contributed by atoms with Crippen molar-refractivity contribution in [3.63, 3.8) is 0 Å². The van der Waals surface area contributed by atoms with Crippen LogP contribution in [0.2, 0.25) is 0 Å². The van der Waals surface area contributed by atoms with Gasteiger partial charge in [-0.1, -0.05) is 6.07 Å². The van der Waals surface area contributed by atoms with Crippen LogP contribution in [-0.2, 0) is 0 Å². The van der Waals surface area contributed by atoms with Crippen LogP contribution >= 0.6 is 11.3 Å². The molecule has 0 unspecified atom stereocenters. The largest absolute Gasteiger partial charge is 0.368 e. The van der Waals surface area contributed by atoms with Crippen LogP contribution in [0.3, 0.4) is 0 Å². The Morgan fingerprint density at radius 3 is 2.72 bits per heavy atom. The Kier molecular flexibility index (Phi) is 3.30. The maximum absolute atomic E-state index is 4.39. The third kappa shape index (κ3) is 2.40. The minimum atomic E-state index is 1.09. The number of piperazine rings is 1. The average Bonchev–Trinajstić information content (AvgIpc) is 2.94. The summed E-state index contributed by atoms with van der Waals surface area (Å²) in [6, 6.07) is 6.49. The van der Waals surface area contributed by atoms with Crippen molar-refractivity contribution in [3.05, 3.63) is 36.0 Å². The molecule has 18 heavy (non-hydrogen) atoms. The Morgan fingerprint density at radius 2 is 2.00 bits per heavy atom. The fourth-order valence-corrected chi connectivity index (χ4v) is 2.95. The molecule has 0 aliphatic carbocycles. The van der Waals surface area contributed by atoms with Gasteiger partial charge in [-0.3, -0.25) is 4.98 Å². The van der Waals surface area contributed by atoms with E-state index in [1.165, 1.54) is 16.1 Å². The quantitative estimate of drug-likeness (QED) is 0.826. The summed E-state index contributed by atoms with van der Waals surface area (Å²) in [5.41, 5.74) is 2.47. The van der Waals surface area contributed by atoms with Crippen LogP contribution in [0.5, 0.6) is 0 Å². The lowest BCUT2D eigenvalue weighted by Crippen LogP contribution is -2.44. The minimum Gasteiger partial charge on any atom is -0.368 e. The number of hydrogen-bond acceptors (Lipinski definition) is 4. The molecule has 3 nitrogen and oxygen atoms in total. The summed E-state index contributed by atoms with van der Waals surface area (Å²) in [5, 5.41) is 2.11. The number of hydrogen-bond donors (Lipinski definition) is 0. The fourth-order valence-electron chi connectivity index (χ4n) is 2.24. The van der Waals surface area contributed by atoms with Gasteiger partial charge in [0.25, 0.3) is 0 Å². The Morgan fingerprint density at radius 1 is 1.17 bits per heavy atom. The van der Waals surface area contributed by atoms with E-state index in [0.29, 0.717) is 0 Å². The molecule has 1 saturated heterocycles. The van der Waals surface area contributed by atoms with Crippen molar-refractivity contribution < 1.29 is 0 Å². The van der Waals surface area contributed by atoms with E-state index in [2.05, 4.69) is 45.4 Å². The standard InChI is InChI=1S/C14H17N3S/c1-16-4-6-17(7-5-16)13-9-12(10-15-11-13)14-3-2-8-18-14/h2-3,8-11H,4-7H2,1H3. The van der Waals surface area contributed by atoms with Crippen LogP contribution < -0.4 is 4.90 Å². The topological polar surface area (TPSA) is 19.4 Å². The summed E-state index contributed by atoms with van der Waals surface area (Å²) in [4.78, 5) is 10.5. The van der Waals surface area contributed by atoms with Crippen LogP contribution in [0.15, 0.2) is 36.0 Å². The van der Waals surface area contributed by atoms with Crippen LogP contribution in [0.25, 0.3) is 10.4 Å². The van der Waals surface area contributed by atoms with Gasteiger partial charge in [0.1, 0.15) is 0 Å². The van der Waals surface area contributed by atoms with Crippen LogP contribution in [0.1, 0.15) is 0 Å². The highest BCUT2D eigenvalue weighted by Crippen LogP contribution is 2.27. The summed E-state index contributed by atoms with van der Waals surface area (Å²) in [5.74, 6) is 0. The van der Waals surface area contributed by atoms with Crippen LogP contribution in [0.4, 0.5) is 5.69 Å². The molecular formula is C14H17N3S. The average molecular weight is 259 g/mol. The molecule has 1 fully saturated rings. The number of likely N-dealkylation sites (N-methyl/N-ethyl adjacent to an activating group) is 1. The van der Waals surface area contributed by atoms with Gasteiger partial charge in [-0.2, -0.15) is 0 Å². The molecule has 3 rings (SSSR count). The fraction of sp³-hybridized carbons (Fsp3) is 0.357. The number of rotatable bonds is 2. The van der Waals surface area contributed by atoms with Gasteiger partial charge in [-0.25, -0.2) is 0 Å². The maximum atomic E-state index is 4.39. The molecule has 0 bridgehead atoms. The second-order valence-electron chi connectivity index (χ2n) is 4.70. The molecule has 3 heterocycles. The molecule has 0 atom stereocenters. The summed E-state index contributed by atoms with van der Waals surface area (Å²) in [6.45, 7) is 4.44.